The van der Waals surface area contributed by atoms with Crippen LogP contribution >= 0.6 is 27.5 Å². The van der Waals surface area contributed by atoms with Gasteiger partial charge in [-0.1, -0.05) is 45.7 Å². The third-order valence-corrected chi connectivity index (χ3v) is 7.20. The van der Waals surface area contributed by atoms with E-state index in [0.29, 0.717) is 41.1 Å². The molecule has 1 unspecified atom stereocenters. The molecule has 2 heterocycles. The molecule has 2 amide bonds. The maximum atomic E-state index is 13.5. The third kappa shape index (κ3) is 5.19. The Morgan fingerprint density at radius 2 is 1.97 bits per heavy atom. The lowest BCUT2D eigenvalue weighted by Crippen LogP contribution is -2.42. The summed E-state index contributed by atoms with van der Waals surface area (Å²) < 4.78 is 27.1. The zero-order chi connectivity index (χ0) is 27.0. The number of halogens is 3. The van der Waals surface area contributed by atoms with Gasteiger partial charge in [0.25, 0.3) is 0 Å². The monoisotopic (exact) mass is 601 g/mol. The molecule has 1 atom stereocenters. The molecule has 4 aromatic rings. The number of rotatable bonds is 5. The van der Waals surface area contributed by atoms with Gasteiger partial charge in [0, 0.05) is 42.8 Å². The number of hydrogen-bond donors (Lipinski definition) is 0. The summed E-state index contributed by atoms with van der Waals surface area (Å²) in [6.45, 7) is 0.651. The van der Waals surface area contributed by atoms with Crippen molar-refractivity contribution in [3.63, 3.8) is 0 Å². The molecule has 3 aromatic carbocycles. The molecule has 38 heavy (non-hydrogen) atoms. The predicted octanol–water partition coefficient (Wildman–Crippen LogP) is 5.37. The van der Waals surface area contributed by atoms with Crippen LogP contribution < -0.4 is 10.5 Å². The molecule has 1 aliphatic heterocycles. The zero-order valence-electron chi connectivity index (χ0n) is 20.2. The second-order valence-electron chi connectivity index (χ2n) is 8.99. The summed E-state index contributed by atoms with van der Waals surface area (Å²) in [7, 11) is 1.53. The van der Waals surface area contributed by atoms with Crippen LogP contribution in [0.1, 0.15) is 18.0 Å². The minimum absolute atomic E-state index is 0.0773. The number of nitrogens with zero attached hydrogens (tertiary/aromatic N) is 3. The highest BCUT2D eigenvalue weighted by Crippen LogP contribution is 2.32. The van der Waals surface area contributed by atoms with Crippen molar-refractivity contribution in [3.8, 4) is 11.5 Å². The standard InChI is InChI=1S/C27H22BrClFN3O5/c1-31(14-16-6-7-17(28)12-24(16)37-19-8-9-21(30)20(29)13-19)25(34)26(35)32-11-10-18(15-32)33-22-4-2-3-5-23(22)38-27(33)36/h2-9,12-13,18H,10-11,14-15H2,1H3. The van der Waals surface area contributed by atoms with Crippen molar-refractivity contribution in [1.29, 1.82) is 0 Å². The normalized spacial score (nSPS) is 15.2. The van der Waals surface area contributed by atoms with E-state index in [0.717, 1.165) is 4.47 Å². The van der Waals surface area contributed by atoms with Gasteiger partial charge < -0.3 is 19.0 Å². The molecule has 0 radical (unpaired) electrons. The lowest BCUT2D eigenvalue weighted by molar-refractivity contribution is -0.150. The van der Waals surface area contributed by atoms with Crippen LogP contribution in [0.3, 0.4) is 0 Å². The average molecular weight is 603 g/mol. The first-order valence-corrected chi connectivity index (χ1v) is 12.9. The molecule has 0 N–H and O–H groups in total. The van der Waals surface area contributed by atoms with E-state index in [2.05, 4.69) is 15.9 Å². The first-order valence-electron chi connectivity index (χ1n) is 11.8. The van der Waals surface area contributed by atoms with Crippen molar-refractivity contribution in [2.75, 3.05) is 20.1 Å². The van der Waals surface area contributed by atoms with Crippen molar-refractivity contribution in [2.24, 2.45) is 0 Å². The summed E-state index contributed by atoms with van der Waals surface area (Å²) >= 11 is 9.27. The molecule has 1 fully saturated rings. The number of benzene rings is 3. The maximum absolute atomic E-state index is 13.5. The van der Waals surface area contributed by atoms with Gasteiger partial charge >= 0.3 is 17.6 Å². The Morgan fingerprint density at radius 3 is 2.76 bits per heavy atom. The maximum Gasteiger partial charge on any atom is 0.420 e. The Labute approximate surface area is 230 Å². The lowest BCUT2D eigenvalue weighted by Gasteiger charge is -2.22. The van der Waals surface area contributed by atoms with E-state index in [1.165, 1.54) is 35.0 Å². The van der Waals surface area contributed by atoms with Gasteiger partial charge in [0.15, 0.2) is 5.58 Å². The third-order valence-electron chi connectivity index (χ3n) is 6.42. The minimum Gasteiger partial charge on any atom is -0.457 e. The number of likely N-dealkylation sites (tertiary alicyclic amines) is 1. The number of hydrogen-bond acceptors (Lipinski definition) is 5. The van der Waals surface area contributed by atoms with E-state index in [9.17, 15) is 18.8 Å². The van der Waals surface area contributed by atoms with E-state index >= 15 is 0 Å². The Bertz CT molecular complexity index is 1600. The molecule has 0 saturated carbocycles. The van der Waals surface area contributed by atoms with Gasteiger partial charge in [0.1, 0.15) is 17.3 Å². The van der Waals surface area contributed by atoms with Gasteiger partial charge in [0.05, 0.1) is 16.6 Å². The second-order valence-corrected chi connectivity index (χ2v) is 10.3. The fourth-order valence-electron chi connectivity index (χ4n) is 4.51. The molecule has 1 aromatic heterocycles. The fourth-order valence-corrected chi connectivity index (χ4v) is 5.02. The van der Waals surface area contributed by atoms with Crippen molar-refractivity contribution >= 4 is 50.4 Å². The molecule has 196 valence electrons. The fraction of sp³-hybridized carbons (Fsp3) is 0.222. The van der Waals surface area contributed by atoms with Crippen LogP contribution in [0.5, 0.6) is 11.5 Å². The van der Waals surface area contributed by atoms with E-state index in [4.69, 9.17) is 20.8 Å². The topological polar surface area (TPSA) is 85.0 Å². The summed E-state index contributed by atoms with van der Waals surface area (Å²) in [5.41, 5.74) is 1.77. The Hall–Kier alpha value is -3.63. The minimum atomic E-state index is -0.686. The lowest BCUT2D eigenvalue weighted by atomic mass is 10.2. The van der Waals surface area contributed by atoms with Crippen LogP contribution in [0, 0.1) is 5.82 Å². The second kappa shape index (κ2) is 10.6. The first-order chi connectivity index (χ1) is 18.2. The van der Waals surface area contributed by atoms with Gasteiger partial charge in [-0.3, -0.25) is 14.2 Å². The zero-order valence-corrected chi connectivity index (χ0v) is 22.5. The highest BCUT2D eigenvalue weighted by atomic mass is 79.9. The molecular weight excluding hydrogens is 581 g/mol. The van der Waals surface area contributed by atoms with Crippen LogP contribution in [0.25, 0.3) is 11.1 Å². The number of fused-ring (bicyclic) bond motifs is 1. The largest absolute Gasteiger partial charge is 0.457 e. The summed E-state index contributed by atoms with van der Waals surface area (Å²) in [6, 6.07) is 16.1. The van der Waals surface area contributed by atoms with Crippen LogP contribution in [-0.4, -0.2) is 46.3 Å². The molecule has 8 nitrogen and oxygen atoms in total. The molecule has 11 heteroatoms. The van der Waals surface area contributed by atoms with Crippen molar-refractivity contribution in [1.82, 2.24) is 14.4 Å². The summed E-state index contributed by atoms with van der Waals surface area (Å²) in [5, 5.41) is -0.0773. The van der Waals surface area contributed by atoms with E-state index < -0.39 is 23.4 Å². The molecule has 1 aliphatic rings. The van der Waals surface area contributed by atoms with Crippen LogP contribution in [0.15, 0.2) is 74.3 Å². The molecule has 1 saturated heterocycles. The number of carbonyl (C=O) groups excluding carboxylic acids is 2. The Morgan fingerprint density at radius 1 is 1.18 bits per heavy atom. The summed E-state index contributed by atoms with van der Waals surface area (Å²) in [4.78, 5) is 41.3. The average Bonchev–Trinajstić information content (AvgIpc) is 3.50. The number of ether oxygens (including phenoxy) is 1. The molecule has 0 bridgehead atoms. The highest BCUT2D eigenvalue weighted by Gasteiger charge is 2.34. The van der Waals surface area contributed by atoms with Gasteiger partial charge in [-0.15, -0.1) is 0 Å². The van der Waals surface area contributed by atoms with E-state index in [1.54, 1.807) is 41.0 Å². The first kappa shape index (κ1) is 26.0. The number of amides is 2. The predicted molar refractivity (Wildman–Crippen MR) is 143 cm³/mol. The van der Waals surface area contributed by atoms with E-state index in [-0.39, 0.29) is 24.2 Å². The molecule has 0 aliphatic carbocycles. The van der Waals surface area contributed by atoms with Gasteiger partial charge in [-0.05, 0) is 42.8 Å². The molecule has 5 rings (SSSR count). The van der Waals surface area contributed by atoms with Crippen LogP contribution in [-0.2, 0) is 16.1 Å². The van der Waals surface area contributed by atoms with Gasteiger partial charge in [0.2, 0.25) is 0 Å². The molecule has 0 spiro atoms. The quantitative estimate of drug-likeness (QED) is 0.287. The van der Waals surface area contributed by atoms with Crippen molar-refractivity contribution in [3.05, 3.63) is 92.1 Å². The summed E-state index contributed by atoms with van der Waals surface area (Å²) in [6.07, 6.45) is 0.525. The number of likely N-dealkylation sites (N-methyl/N-ethyl adjacent to an activating group) is 1. The van der Waals surface area contributed by atoms with E-state index in [1.807, 2.05) is 6.07 Å². The van der Waals surface area contributed by atoms with Crippen molar-refractivity contribution < 1.29 is 23.1 Å². The number of oxazole rings is 1. The van der Waals surface area contributed by atoms with Crippen molar-refractivity contribution in [2.45, 2.75) is 19.0 Å². The highest BCUT2D eigenvalue weighted by molar-refractivity contribution is 9.10. The van der Waals surface area contributed by atoms with Crippen LogP contribution in [0.2, 0.25) is 5.02 Å². The Balaban J connectivity index is 1.28. The number of aromatic nitrogens is 1. The SMILES string of the molecule is CN(Cc1ccc(Br)cc1Oc1ccc(F)c(Cl)c1)C(=O)C(=O)N1CCC(n2c(=O)oc3ccccc32)C1. The summed E-state index contributed by atoms with van der Waals surface area (Å²) in [5.74, 6) is -1.64. The Kier molecular flexibility index (Phi) is 7.27. The van der Waals surface area contributed by atoms with Gasteiger partial charge in [-0.2, -0.15) is 0 Å². The number of carbonyl (C=O) groups is 2. The van der Waals surface area contributed by atoms with Crippen LogP contribution in [0.4, 0.5) is 4.39 Å². The smallest absolute Gasteiger partial charge is 0.420 e. The van der Waals surface area contributed by atoms with Gasteiger partial charge in [-0.25, -0.2) is 9.18 Å². The molecular formula is C27H22BrClFN3O5. The number of para-hydroxylation sites is 2.